The van der Waals surface area contributed by atoms with Crippen LogP contribution in [0.4, 0.5) is 5.95 Å². The predicted octanol–water partition coefficient (Wildman–Crippen LogP) is 2.96. The molecule has 0 N–H and O–H groups in total. The third-order valence-corrected chi connectivity index (χ3v) is 4.26. The molecule has 1 aliphatic rings. The minimum absolute atomic E-state index is 0.110. The van der Waals surface area contributed by atoms with E-state index in [0.29, 0.717) is 19.0 Å². The molecule has 0 unspecified atom stereocenters. The summed E-state index contributed by atoms with van der Waals surface area (Å²) in [6.07, 6.45) is 7.40. The number of hydrogen-bond donors (Lipinski definition) is 0. The maximum atomic E-state index is 12.3. The molecular weight excluding hydrogens is 334 g/mol. The Morgan fingerprint density at radius 2 is 2.10 bits per heavy atom. The van der Waals surface area contributed by atoms with Crippen molar-refractivity contribution in [1.82, 2.24) is 9.97 Å². The molecule has 0 spiro atoms. The molecule has 0 atom stereocenters. The van der Waals surface area contributed by atoms with Gasteiger partial charge in [0.1, 0.15) is 0 Å². The number of piperidine rings is 1. The number of allylic oxidation sites excluding steroid dienone is 1. The van der Waals surface area contributed by atoms with E-state index in [0.717, 1.165) is 30.4 Å². The van der Waals surface area contributed by atoms with E-state index in [4.69, 9.17) is 4.74 Å². The van der Waals surface area contributed by atoms with Gasteiger partial charge in [-0.2, -0.15) is 0 Å². The molecule has 21 heavy (non-hydrogen) atoms. The molecule has 1 aliphatic heterocycles. The van der Waals surface area contributed by atoms with Gasteiger partial charge in [-0.15, -0.1) is 6.58 Å². The van der Waals surface area contributed by atoms with E-state index in [1.54, 1.807) is 12.4 Å². The summed E-state index contributed by atoms with van der Waals surface area (Å²) < 4.78 is 6.11. The molecule has 1 aromatic heterocycles. The Kier molecular flexibility index (Phi) is 5.33. The van der Waals surface area contributed by atoms with E-state index < -0.39 is 5.41 Å². The van der Waals surface area contributed by atoms with Crippen LogP contribution in [-0.4, -0.2) is 35.6 Å². The van der Waals surface area contributed by atoms with Crippen molar-refractivity contribution < 1.29 is 9.53 Å². The second kappa shape index (κ2) is 7.02. The van der Waals surface area contributed by atoms with Crippen molar-refractivity contribution in [3.05, 3.63) is 29.5 Å². The van der Waals surface area contributed by atoms with Crippen molar-refractivity contribution in [3.63, 3.8) is 0 Å². The molecule has 1 saturated heterocycles. The maximum absolute atomic E-state index is 12.3. The van der Waals surface area contributed by atoms with Crippen molar-refractivity contribution in [2.75, 3.05) is 24.6 Å². The Morgan fingerprint density at radius 1 is 1.48 bits per heavy atom. The van der Waals surface area contributed by atoms with Gasteiger partial charge in [0.2, 0.25) is 5.95 Å². The highest BCUT2D eigenvalue weighted by molar-refractivity contribution is 9.10. The largest absolute Gasteiger partial charge is 0.466 e. The summed E-state index contributed by atoms with van der Waals surface area (Å²) >= 11 is 3.33. The Bertz CT molecular complexity index is 496. The third-order valence-electron chi connectivity index (χ3n) is 3.85. The molecule has 6 heteroatoms. The van der Waals surface area contributed by atoms with Crippen molar-refractivity contribution in [1.29, 1.82) is 0 Å². The topological polar surface area (TPSA) is 55.3 Å². The lowest BCUT2D eigenvalue weighted by atomic mass is 9.75. The molecule has 0 bridgehead atoms. The number of rotatable bonds is 5. The lowest BCUT2D eigenvalue weighted by Gasteiger charge is -2.39. The molecule has 2 heterocycles. The predicted molar refractivity (Wildman–Crippen MR) is 85.1 cm³/mol. The van der Waals surface area contributed by atoms with Crippen LogP contribution < -0.4 is 4.90 Å². The highest BCUT2D eigenvalue weighted by Crippen LogP contribution is 2.37. The Balaban J connectivity index is 2.07. The lowest BCUT2D eigenvalue weighted by molar-refractivity contribution is -0.156. The van der Waals surface area contributed by atoms with Crippen LogP contribution in [0.15, 0.2) is 29.5 Å². The molecule has 0 saturated carbocycles. The first-order valence-corrected chi connectivity index (χ1v) is 7.91. The first-order valence-electron chi connectivity index (χ1n) is 7.12. The second-order valence-corrected chi connectivity index (χ2v) is 6.10. The maximum Gasteiger partial charge on any atom is 0.312 e. The number of aromatic nitrogens is 2. The van der Waals surface area contributed by atoms with Gasteiger partial charge < -0.3 is 9.64 Å². The Labute approximate surface area is 133 Å². The van der Waals surface area contributed by atoms with Gasteiger partial charge in [0.25, 0.3) is 0 Å². The zero-order valence-corrected chi connectivity index (χ0v) is 13.8. The van der Waals surface area contributed by atoms with E-state index in [-0.39, 0.29) is 5.97 Å². The standard InChI is InChI=1S/C15H20BrN3O2/c1-3-5-15(13(20)21-4-2)6-8-19(9-7-15)14-17-10-12(16)11-18-14/h3,10-11H,1,4-9H2,2H3. The molecule has 0 aromatic carbocycles. The molecular formula is C15H20BrN3O2. The SMILES string of the molecule is C=CCC1(C(=O)OCC)CCN(c2ncc(Br)cn2)CC1. The first kappa shape index (κ1) is 15.9. The van der Waals surface area contributed by atoms with E-state index in [1.807, 2.05) is 13.0 Å². The minimum Gasteiger partial charge on any atom is -0.466 e. The number of nitrogens with zero attached hydrogens (tertiary/aromatic N) is 3. The molecule has 0 amide bonds. The van der Waals surface area contributed by atoms with Crippen molar-refractivity contribution in [3.8, 4) is 0 Å². The van der Waals surface area contributed by atoms with Crippen LogP contribution in [-0.2, 0) is 9.53 Å². The van der Waals surface area contributed by atoms with Crippen LogP contribution in [0.1, 0.15) is 26.2 Å². The second-order valence-electron chi connectivity index (χ2n) is 5.18. The monoisotopic (exact) mass is 353 g/mol. The summed E-state index contributed by atoms with van der Waals surface area (Å²) in [6, 6.07) is 0. The minimum atomic E-state index is -0.441. The van der Waals surface area contributed by atoms with Gasteiger partial charge in [0, 0.05) is 25.5 Å². The molecule has 114 valence electrons. The van der Waals surface area contributed by atoms with Gasteiger partial charge in [0.05, 0.1) is 16.5 Å². The number of hydrogen-bond acceptors (Lipinski definition) is 5. The van der Waals surface area contributed by atoms with Crippen LogP contribution in [0.3, 0.4) is 0 Å². The first-order chi connectivity index (χ1) is 10.1. The highest BCUT2D eigenvalue weighted by atomic mass is 79.9. The average Bonchev–Trinajstić information content (AvgIpc) is 2.49. The summed E-state index contributed by atoms with van der Waals surface area (Å²) in [5, 5.41) is 0. The van der Waals surface area contributed by atoms with Crippen LogP contribution in [0, 0.1) is 5.41 Å². The summed E-state index contributed by atoms with van der Waals surface area (Å²) in [6.45, 7) is 7.52. The molecule has 1 aromatic rings. The van der Waals surface area contributed by atoms with Crippen LogP contribution in [0.5, 0.6) is 0 Å². The number of ether oxygens (including phenoxy) is 1. The summed E-state index contributed by atoms with van der Waals surface area (Å²) in [5.41, 5.74) is -0.441. The van der Waals surface area contributed by atoms with E-state index in [1.165, 1.54) is 0 Å². The van der Waals surface area contributed by atoms with Gasteiger partial charge >= 0.3 is 5.97 Å². The fourth-order valence-electron chi connectivity index (χ4n) is 2.66. The summed E-state index contributed by atoms with van der Waals surface area (Å²) in [4.78, 5) is 23.0. The van der Waals surface area contributed by atoms with Crippen molar-refractivity contribution in [2.45, 2.75) is 26.2 Å². The normalized spacial score (nSPS) is 17.3. The molecule has 0 aliphatic carbocycles. The van der Waals surface area contributed by atoms with Gasteiger partial charge in [-0.05, 0) is 42.1 Å². The number of carbonyl (C=O) groups is 1. The molecule has 1 fully saturated rings. The Hall–Kier alpha value is -1.43. The fourth-order valence-corrected chi connectivity index (χ4v) is 2.86. The summed E-state index contributed by atoms with van der Waals surface area (Å²) in [7, 11) is 0. The zero-order valence-electron chi connectivity index (χ0n) is 12.2. The number of halogens is 1. The molecule has 2 rings (SSSR count). The van der Waals surface area contributed by atoms with Crippen LogP contribution in [0.2, 0.25) is 0 Å². The quantitative estimate of drug-likeness (QED) is 0.601. The summed E-state index contributed by atoms with van der Waals surface area (Å²) in [5.74, 6) is 0.593. The number of carbonyl (C=O) groups excluding carboxylic acids is 1. The van der Waals surface area contributed by atoms with E-state index >= 15 is 0 Å². The zero-order chi connectivity index (χ0) is 15.3. The third kappa shape index (κ3) is 3.61. The Morgan fingerprint density at radius 3 is 2.62 bits per heavy atom. The molecule has 0 radical (unpaired) electrons. The van der Waals surface area contributed by atoms with E-state index in [2.05, 4.69) is 37.4 Å². The lowest BCUT2D eigenvalue weighted by Crippen LogP contribution is -2.45. The van der Waals surface area contributed by atoms with Gasteiger partial charge in [-0.1, -0.05) is 6.08 Å². The molecule has 5 nitrogen and oxygen atoms in total. The van der Waals surface area contributed by atoms with Crippen LogP contribution >= 0.6 is 15.9 Å². The van der Waals surface area contributed by atoms with Crippen molar-refractivity contribution in [2.24, 2.45) is 5.41 Å². The number of anilines is 1. The highest BCUT2D eigenvalue weighted by Gasteiger charge is 2.42. The average molecular weight is 354 g/mol. The van der Waals surface area contributed by atoms with E-state index in [9.17, 15) is 4.79 Å². The van der Waals surface area contributed by atoms with Gasteiger partial charge in [-0.3, -0.25) is 4.79 Å². The smallest absolute Gasteiger partial charge is 0.312 e. The van der Waals surface area contributed by atoms with Gasteiger partial charge in [-0.25, -0.2) is 9.97 Å². The fraction of sp³-hybridized carbons (Fsp3) is 0.533. The van der Waals surface area contributed by atoms with Gasteiger partial charge in [0.15, 0.2) is 0 Å². The van der Waals surface area contributed by atoms with Crippen LogP contribution in [0.25, 0.3) is 0 Å². The van der Waals surface area contributed by atoms with Crippen molar-refractivity contribution >= 4 is 27.8 Å². The number of esters is 1.